The fourth-order valence-electron chi connectivity index (χ4n) is 1.55. The van der Waals surface area contributed by atoms with Crippen LogP contribution in [0.3, 0.4) is 0 Å². The highest BCUT2D eigenvalue weighted by Gasteiger charge is 2.33. The zero-order chi connectivity index (χ0) is 16.9. The van der Waals surface area contributed by atoms with Crippen molar-refractivity contribution in [2.45, 2.75) is 19.7 Å². The van der Waals surface area contributed by atoms with Crippen molar-refractivity contribution in [2.75, 3.05) is 6.61 Å². The van der Waals surface area contributed by atoms with Gasteiger partial charge in [-0.1, -0.05) is 0 Å². The third kappa shape index (κ3) is 4.34. The number of hydrogen-bond donors (Lipinski definition) is 0. The first-order valence-electron chi connectivity index (χ1n) is 6.41. The van der Waals surface area contributed by atoms with Crippen molar-refractivity contribution in [3.63, 3.8) is 0 Å². The quantitative estimate of drug-likeness (QED) is 0.776. The molecule has 0 saturated heterocycles. The summed E-state index contributed by atoms with van der Waals surface area (Å²) in [5, 5.41) is 0. The first kappa shape index (κ1) is 16.6. The van der Waals surface area contributed by atoms with E-state index in [1.807, 2.05) is 0 Å². The maximum absolute atomic E-state index is 12.6. The Balaban J connectivity index is 2.14. The number of carbonyl (C=O) groups excluding carboxylic acids is 1. The second kappa shape index (κ2) is 6.99. The number of nitrogens with zero attached hydrogens (tertiary/aromatic N) is 4. The Bertz CT molecular complexity index is 694. The average Bonchev–Trinajstić information content (AvgIpc) is 2.53. The fourth-order valence-corrected chi connectivity index (χ4v) is 1.55. The molecule has 0 N–H and O–H groups in total. The van der Waals surface area contributed by atoms with Gasteiger partial charge in [0.05, 0.1) is 12.3 Å². The van der Waals surface area contributed by atoms with Crippen LogP contribution in [0.5, 0.6) is 6.01 Å². The molecule has 2 aromatic rings. The second-order valence-corrected chi connectivity index (χ2v) is 4.11. The Morgan fingerprint density at radius 3 is 2.78 bits per heavy atom. The molecule has 0 amide bonds. The van der Waals surface area contributed by atoms with E-state index in [1.54, 1.807) is 6.92 Å². The molecule has 0 atom stereocenters. The lowest BCUT2D eigenvalue weighted by Gasteiger charge is -2.09. The first-order chi connectivity index (χ1) is 10.9. The van der Waals surface area contributed by atoms with Gasteiger partial charge in [-0.05, 0) is 13.0 Å². The monoisotopic (exact) mass is 328 g/mol. The van der Waals surface area contributed by atoms with Gasteiger partial charge in [0.2, 0.25) is 0 Å². The van der Waals surface area contributed by atoms with Crippen molar-refractivity contribution in [3.8, 4) is 6.01 Å². The van der Waals surface area contributed by atoms with Crippen molar-refractivity contribution in [1.82, 2.24) is 19.9 Å². The maximum atomic E-state index is 12.6. The molecule has 0 aromatic carbocycles. The van der Waals surface area contributed by atoms with Crippen LogP contribution in [0.2, 0.25) is 0 Å². The molecular weight excluding hydrogens is 317 g/mol. The predicted octanol–water partition coefficient (Wildman–Crippen LogP) is 2.04. The molecule has 7 nitrogen and oxygen atoms in total. The summed E-state index contributed by atoms with van der Waals surface area (Å²) >= 11 is 0. The summed E-state index contributed by atoms with van der Waals surface area (Å²) in [5.74, 6) is -0.656. The molecule has 0 aliphatic rings. The Morgan fingerprint density at radius 1 is 1.30 bits per heavy atom. The molecule has 2 aromatic heterocycles. The van der Waals surface area contributed by atoms with Gasteiger partial charge in [0.15, 0.2) is 5.69 Å². The molecule has 0 spiro atoms. The molecule has 0 saturated carbocycles. The van der Waals surface area contributed by atoms with Gasteiger partial charge in [-0.15, -0.1) is 0 Å². The Morgan fingerprint density at radius 2 is 2.09 bits per heavy atom. The highest BCUT2D eigenvalue weighted by Crippen LogP contribution is 2.27. The zero-order valence-electron chi connectivity index (χ0n) is 11.9. The highest BCUT2D eigenvalue weighted by molar-refractivity contribution is 5.90. The lowest BCUT2D eigenvalue weighted by molar-refractivity contribution is -0.141. The number of alkyl halides is 3. The topological polar surface area (TPSA) is 87.1 Å². The van der Waals surface area contributed by atoms with E-state index in [-0.39, 0.29) is 24.5 Å². The molecule has 10 heteroatoms. The third-order valence-electron chi connectivity index (χ3n) is 2.55. The van der Waals surface area contributed by atoms with Gasteiger partial charge in [-0.2, -0.15) is 18.2 Å². The van der Waals surface area contributed by atoms with Crippen molar-refractivity contribution in [1.29, 1.82) is 0 Å². The smallest absolute Gasteiger partial charge is 0.433 e. The van der Waals surface area contributed by atoms with Gasteiger partial charge in [-0.3, -0.25) is 0 Å². The van der Waals surface area contributed by atoms with Crippen LogP contribution < -0.4 is 4.74 Å². The molecule has 0 fully saturated rings. The van der Waals surface area contributed by atoms with Gasteiger partial charge in [0.25, 0.3) is 0 Å². The standard InChI is InChI=1S/C13H11F3N4O3/c1-2-22-11(21)8-5-17-7-19-9(8)6-23-12-18-4-3-10(20-12)13(14,15)16/h3-5,7H,2,6H2,1H3. The van der Waals surface area contributed by atoms with Crippen molar-refractivity contribution >= 4 is 5.97 Å². The van der Waals surface area contributed by atoms with Gasteiger partial charge in [-0.25, -0.2) is 19.7 Å². The average molecular weight is 328 g/mol. The third-order valence-corrected chi connectivity index (χ3v) is 2.55. The van der Waals surface area contributed by atoms with E-state index < -0.39 is 23.8 Å². The first-order valence-corrected chi connectivity index (χ1v) is 6.41. The van der Waals surface area contributed by atoms with Gasteiger partial charge in [0, 0.05) is 12.4 Å². The lowest BCUT2D eigenvalue weighted by atomic mass is 10.2. The second-order valence-electron chi connectivity index (χ2n) is 4.11. The molecule has 0 aliphatic heterocycles. The molecule has 122 valence electrons. The van der Waals surface area contributed by atoms with Crippen molar-refractivity contribution in [3.05, 3.63) is 41.7 Å². The molecule has 23 heavy (non-hydrogen) atoms. The van der Waals surface area contributed by atoms with E-state index in [0.717, 1.165) is 12.3 Å². The number of rotatable bonds is 5. The van der Waals surface area contributed by atoms with Crippen molar-refractivity contribution < 1.29 is 27.4 Å². The van der Waals surface area contributed by atoms with Crippen LogP contribution in [0.25, 0.3) is 0 Å². The highest BCUT2D eigenvalue weighted by atomic mass is 19.4. The Labute approximate surface area is 128 Å². The molecule has 0 aliphatic carbocycles. The molecular formula is C13H11F3N4O3. The normalized spacial score (nSPS) is 11.1. The summed E-state index contributed by atoms with van der Waals surface area (Å²) in [6, 6.07) is 0.245. The van der Waals surface area contributed by atoms with Crippen LogP contribution in [-0.2, 0) is 17.5 Å². The SMILES string of the molecule is CCOC(=O)c1cncnc1COc1nccc(C(F)(F)F)n1. The van der Waals surface area contributed by atoms with Crippen LogP contribution in [-0.4, -0.2) is 32.5 Å². The zero-order valence-corrected chi connectivity index (χ0v) is 11.9. The summed E-state index contributed by atoms with van der Waals surface area (Å²) in [7, 11) is 0. The van der Waals surface area contributed by atoms with Crippen molar-refractivity contribution in [2.24, 2.45) is 0 Å². The minimum absolute atomic E-state index is 0.0568. The van der Waals surface area contributed by atoms with Crippen LogP contribution >= 0.6 is 0 Å². The number of halogens is 3. The number of carbonyl (C=O) groups is 1. The van der Waals surface area contributed by atoms with E-state index in [4.69, 9.17) is 9.47 Å². The van der Waals surface area contributed by atoms with E-state index in [0.29, 0.717) is 0 Å². The molecule has 0 bridgehead atoms. The number of ether oxygens (including phenoxy) is 2. The van der Waals surface area contributed by atoms with E-state index in [2.05, 4.69) is 19.9 Å². The number of aromatic nitrogens is 4. The summed E-state index contributed by atoms with van der Waals surface area (Å²) < 4.78 is 47.6. The van der Waals surface area contributed by atoms with E-state index in [9.17, 15) is 18.0 Å². The molecule has 0 radical (unpaired) electrons. The Kier molecular flexibility index (Phi) is 5.04. The fraction of sp³-hybridized carbons (Fsp3) is 0.308. The van der Waals surface area contributed by atoms with Crippen LogP contribution in [0.4, 0.5) is 13.2 Å². The summed E-state index contributed by atoms with van der Waals surface area (Å²) in [6.45, 7) is 1.48. The largest absolute Gasteiger partial charge is 0.462 e. The van der Waals surface area contributed by atoms with E-state index >= 15 is 0 Å². The summed E-state index contributed by atoms with van der Waals surface area (Å²) in [4.78, 5) is 26.1. The van der Waals surface area contributed by atoms with Gasteiger partial charge in [0.1, 0.15) is 18.5 Å². The lowest BCUT2D eigenvalue weighted by Crippen LogP contribution is -2.13. The minimum Gasteiger partial charge on any atom is -0.462 e. The molecule has 2 heterocycles. The molecule has 0 unspecified atom stereocenters. The van der Waals surface area contributed by atoms with Crippen LogP contribution in [0.15, 0.2) is 24.8 Å². The maximum Gasteiger partial charge on any atom is 0.433 e. The van der Waals surface area contributed by atoms with Crippen LogP contribution in [0.1, 0.15) is 28.7 Å². The summed E-state index contributed by atoms with van der Waals surface area (Å²) in [6.07, 6.45) is -1.27. The summed E-state index contributed by atoms with van der Waals surface area (Å²) in [5.41, 5.74) is -0.920. The van der Waals surface area contributed by atoms with E-state index in [1.165, 1.54) is 12.5 Å². The van der Waals surface area contributed by atoms with Gasteiger partial charge < -0.3 is 9.47 Å². The number of esters is 1. The molecule has 2 rings (SSSR count). The van der Waals surface area contributed by atoms with Crippen LogP contribution in [0, 0.1) is 0 Å². The minimum atomic E-state index is -4.61. The Hall–Kier alpha value is -2.78. The van der Waals surface area contributed by atoms with Gasteiger partial charge >= 0.3 is 18.2 Å². The predicted molar refractivity (Wildman–Crippen MR) is 69.4 cm³/mol. The number of hydrogen-bond acceptors (Lipinski definition) is 7.